The Labute approximate surface area is 156 Å². The van der Waals surface area contributed by atoms with Crippen molar-refractivity contribution in [3.63, 3.8) is 0 Å². The third kappa shape index (κ3) is 3.15. The first-order valence-corrected chi connectivity index (χ1v) is 8.61. The van der Waals surface area contributed by atoms with Gasteiger partial charge in [0.1, 0.15) is 11.5 Å². The molecule has 4 aromatic rings. The summed E-state index contributed by atoms with van der Waals surface area (Å²) >= 11 is 0. The van der Waals surface area contributed by atoms with Crippen molar-refractivity contribution in [3.8, 4) is 5.75 Å². The van der Waals surface area contributed by atoms with Gasteiger partial charge in [0.05, 0.1) is 6.04 Å². The number of carbonyl (C=O) groups is 1. The van der Waals surface area contributed by atoms with Crippen LogP contribution < -0.4 is 5.32 Å². The van der Waals surface area contributed by atoms with Gasteiger partial charge in [-0.25, -0.2) is 4.98 Å². The fourth-order valence-electron chi connectivity index (χ4n) is 3.28. The molecule has 134 valence electrons. The number of oxazole rings is 1. The van der Waals surface area contributed by atoms with Gasteiger partial charge in [-0.15, -0.1) is 0 Å². The van der Waals surface area contributed by atoms with Gasteiger partial charge in [0.15, 0.2) is 12.1 Å². The molecule has 0 spiro atoms. The third-order valence-electron chi connectivity index (χ3n) is 4.60. The summed E-state index contributed by atoms with van der Waals surface area (Å²) in [6, 6.07) is 20.3. The van der Waals surface area contributed by atoms with Gasteiger partial charge < -0.3 is 14.8 Å². The molecule has 2 N–H and O–H groups in total. The highest BCUT2D eigenvalue weighted by molar-refractivity contribution is 5.95. The first kappa shape index (κ1) is 16.8. The van der Waals surface area contributed by atoms with E-state index < -0.39 is 6.04 Å². The molecular formula is C22H18N2O3. The van der Waals surface area contributed by atoms with E-state index in [0.717, 1.165) is 16.3 Å². The average molecular weight is 358 g/mol. The Kier molecular flexibility index (Phi) is 4.34. The van der Waals surface area contributed by atoms with Gasteiger partial charge >= 0.3 is 0 Å². The number of phenols is 1. The van der Waals surface area contributed by atoms with Gasteiger partial charge in [-0.3, -0.25) is 4.79 Å². The van der Waals surface area contributed by atoms with E-state index >= 15 is 0 Å². The van der Waals surface area contributed by atoms with Gasteiger partial charge in [0, 0.05) is 5.56 Å². The molecular weight excluding hydrogens is 340 g/mol. The molecule has 0 unspecified atom stereocenters. The minimum atomic E-state index is -0.541. The van der Waals surface area contributed by atoms with E-state index in [0.29, 0.717) is 11.3 Å². The molecule has 0 aliphatic heterocycles. The Morgan fingerprint density at radius 3 is 2.52 bits per heavy atom. The fraction of sp³-hybridized carbons (Fsp3) is 0.0909. The quantitative estimate of drug-likeness (QED) is 0.568. The number of aryl methyl sites for hydroxylation is 1. The molecule has 3 aromatic carbocycles. The standard InChI is InChI=1S/C22H18N2O3/c1-14-20(23-13-27-14)22(26)24-21(16-8-3-2-4-9-16)19-17-10-6-5-7-15(17)11-12-18(19)25/h2-13,21,25H,1H3,(H,24,26)/t21-/m1/s1. The molecule has 0 saturated carbocycles. The highest BCUT2D eigenvalue weighted by Gasteiger charge is 2.24. The Hall–Kier alpha value is -3.60. The maximum atomic E-state index is 12.8. The molecule has 5 heteroatoms. The van der Waals surface area contributed by atoms with Crippen LogP contribution in [0.1, 0.15) is 33.4 Å². The molecule has 0 radical (unpaired) electrons. The number of hydrogen-bond donors (Lipinski definition) is 2. The number of amides is 1. The first-order valence-electron chi connectivity index (χ1n) is 8.61. The zero-order valence-corrected chi connectivity index (χ0v) is 14.7. The Bertz CT molecular complexity index is 1100. The molecule has 5 nitrogen and oxygen atoms in total. The first-order chi connectivity index (χ1) is 13.1. The molecule has 0 saturated heterocycles. The number of aromatic nitrogens is 1. The topological polar surface area (TPSA) is 75.4 Å². The normalized spacial score (nSPS) is 12.0. The lowest BCUT2D eigenvalue weighted by atomic mass is 9.92. The van der Waals surface area contributed by atoms with Crippen LogP contribution in [0.4, 0.5) is 0 Å². The van der Waals surface area contributed by atoms with Crippen molar-refractivity contribution >= 4 is 16.7 Å². The second-order valence-electron chi connectivity index (χ2n) is 6.29. The van der Waals surface area contributed by atoms with Crippen molar-refractivity contribution < 1.29 is 14.3 Å². The van der Waals surface area contributed by atoms with Crippen LogP contribution >= 0.6 is 0 Å². The van der Waals surface area contributed by atoms with Crippen LogP contribution in [0, 0.1) is 6.92 Å². The SMILES string of the molecule is Cc1ocnc1C(=O)N[C@H](c1ccccc1)c1c(O)ccc2ccccc12. The molecule has 0 bridgehead atoms. The molecule has 0 fully saturated rings. The minimum Gasteiger partial charge on any atom is -0.508 e. The van der Waals surface area contributed by atoms with E-state index in [-0.39, 0.29) is 17.4 Å². The van der Waals surface area contributed by atoms with E-state index in [2.05, 4.69) is 10.3 Å². The Morgan fingerprint density at radius 1 is 1.04 bits per heavy atom. The molecule has 4 rings (SSSR count). The van der Waals surface area contributed by atoms with Crippen LogP contribution in [0.5, 0.6) is 5.75 Å². The summed E-state index contributed by atoms with van der Waals surface area (Å²) in [5.74, 6) is 0.212. The molecule has 0 aliphatic carbocycles. The smallest absolute Gasteiger partial charge is 0.274 e. The largest absolute Gasteiger partial charge is 0.508 e. The van der Waals surface area contributed by atoms with Crippen LogP contribution in [0.15, 0.2) is 77.5 Å². The lowest BCUT2D eigenvalue weighted by molar-refractivity contribution is 0.0937. The number of fused-ring (bicyclic) bond motifs is 1. The molecule has 1 aromatic heterocycles. The van der Waals surface area contributed by atoms with Crippen LogP contribution in [-0.2, 0) is 0 Å². The predicted octanol–water partition coefficient (Wildman–Crippen LogP) is 4.36. The predicted molar refractivity (Wildman–Crippen MR) is 103 cm³/mol. The number of phenolic OH excluding ortho intramolecular Hbond substituents is 1. The van der Waals surface area contributed by atoms with Gasteiger partial charge in [0.2, 0.25) is 0 Å². The minimum absolute atomic E-state index is 0.125. The highest BCUT2D eigenvalue weighted by atomic mass is 16.3. The van der Waals surface area contributed by atoms with Crippen molar-refractivity contribution in [2.75, 3.05) is 0 Å². The molecule has 1 atom stereocenters. The number of benzene rings is 3. The summed E-state index contributed by atoms with van der Waals surface area (Å²) < 4.78 is 5.15. The van der Waals surface area contributed by atoms with E-state index in [1.165, 1.54) is 6.39 Å². The van der Waals surface area contributed by atoms with E-state index in [1.54, 1.807) is 13.0 Å². The summed E-state index contributed by atoms with van der Waals surface area (Å²) in [6.45, 7) is 1.69. The number of carbonyl (C=O) groups excluding carboxylic acids is 1. The number of aromatic hydroxyl groups is 1. The molecule has 27 heavy (non-hydrogen) atoms. The van der Waals surface area contributed by atoms with Crippen LogP contribution in [0.2, 0.25) is 0 Å². The number of hydrogen-bond acceptors (Lipinski definition) is 4. The monoisotopic (exact) mass is 358 g/mol. The lowest BCUT2D eigenvalue weighted by Gasteiger charge is -2.22. The average Bonchev–Trinajstić information content (AvgIpc) is 3.13. The fourth-order valence-corrected chi connectivity index (χ4v) is 3.28. The Morgan fingerprint density at radius 2 is 1.78 bits per heavy atom. The van der Waals surface area contributed by atoms with Crippen molar-refractivity contribution in [3.05, 3.63) is 95.7 Å². The van der Waals surface area contributed by atoms with Crippen LogP contribution in [0.25, 0.3) is 10.8 Å². The summed E-state index contributed by atoms with van der Waals surface area (Å²) in [7, 11) is 0. The number of nitrogens with zero attached hydrogens (tertiary/aromatic N) is 1. The summed E-state index contributed by atoms with van der Waals surface area (Å²) in [6.07, 6.45) is 1.25. The number of rotatable bonds is 4. The second kappa shape index (κ2) is 6.96. The summed E-state index contributed by atoms with van der Waals surface area (Å²) in [5.41, 5.74) is 1.74. The lowest BCUT2D eigenvalue weighted by Crippen LogP contribution is -2.30. The van der Waals surface area contributed by atoms with Gasteiger partial charge in [0.25, 0.3) is 5.91 Å². The second-order valence-corrected chi connectivity index (χ2v) is 6.29. The van der Waals surface area contributed by atoms with Crippen LogP contribution in [0.3, 0.4) is 0 Å². The van der Waals surface area contributed by atoms with Crippen LogP contribution in [-0.4, -0.2) is 16.0 Å². The summed E-state index contributed by atoms with van der Waals surface area (Å²) in [4.78, 5) is 16.8. The Balaban J connectivity index is 1.86. The zero-order valence-electron chi connectivity index (χ0n) is 14.7. The molecule has 0 aliphatic rings. The molecule has 1 heterocycles. The third-order valence-corrected chi connectivity index (χ3v) is 4.60. The van der Waals surface area contributed by atoms with E-state index in [1.807, 2.05) is 60.7 Å². The molecule has 1 amide bonds. The van der Waals surface area contributed by atoms with Gasteiger partial charge in [-0.05, 0) is 29.3 Å². The van der Waals surface area contributed by atoms with Crippen molar-refractivity contribution in [1.29, 1.82) is 0 Å². The summed E-state index contributed by atoms with van der Waals surface area (Å²) in [5, 5.41) is 15.5. The van der Waals surface area contributed by atoms with Gasteiger partial charge in [-0.2, -0.15) is 0 Å². The number of nitrogens with one attached hydrogen (secondary N) is 1. The van der Waals surface area contributed by atoms with E-state index in [4.69, 9.17) is 4.42 Å². The van der Waals surface area contributed by atoms with Crippen molar-refractivity contribution in [2.45, 2.75) is 13.0 Å². The van der Waals surface area contributed by atoms with Crippen molar-refractivity contribution in [1.82, 2.24) is 10.3 Å². The maximum absolute atomic E-state index is 12.8. The van der Waals surface area contributed by atoms with E-state index in [9.17, 15) is 9.90 Å². The van der Waals surface area contributed by atoms with Gasteiger partial charge in [-0.1, -0.05) is 60.7 Å². The highest BCUT2D eigenvalue weighted by Crippen LogP contribution is 2.36. The van der Waals surface area contributed by atoms with Crippen molar-refractivity contribution in [2.24, 2.45) is 0 Å². The zero-order chi connectivity index (χ0) is 18.8. The maximum Gasteiger partial charge on any atom is 0.274 e.